The Morgan fingerprint density at radius 1 is 1.03 bits per heavy atom. The summed E-state index contributed by atoms with van der Waals surface area (Å²) in [5.74, 6) is -1.82. The van der Waals surface area contributed by atoms with Crippen LogP contribution in [-0.2, 0) is 18.6 Å². The van der Waals surface area contributed by atoms with Crippen LogP contribution in [-0.4, -0.2) is 76.9 Å². The summed E-state index contributed by atoms with van der Waals surface area (Å²) in [4.78, 5) is 26.3. The first-order valence-electron chi connectivity index (χ1n) is 9.98. The van der Waals surface area contributed by atoms with Gasteiger partial charge in [0.2, 0.25) is 0 Å². The van der Waals surface area contributed by atoms with Crippen molar-refractivity contribution in [2.45, 2.75) is 11.8 Å². The Hall–Kier alpha value is -2.75. The quantitative estimate of drug-likeness (QED) is 0.516. The predicted molar refractivity (Wildman–Crippen MR) is 116 cm³/mol. The van der Waals surface area contributed by atoms with Crippen LogP contribution in [0.2, 0.25) is 0 Å². The largest absolute Gasteiger partial charge is 0.478 e. The molecule has 0 amide bonds. The standard InChI is InChI=1S/C22H26N2O6S/c1-17-7-9-18(10-8-17)31(28,29-2)24-13-11-23(12-14-24)15-16-30-22(27)20-6-4-3-5-19(20)21(25)26/h3-10H,11-16H2,1-2H3/p+1. The minimum Gasteiger partial charge on any atom is -0.478 e. The molecule has 0 bridgehead atoms. The second-order valence-corrected chi connectivity index (χ2v) is 9.48. The second kappa shape index (κ2) is 10.0. The average molecular weight is 448 g/mol. The van der Waals surface area contributed by atoms with Gasteiger partial charge in [0, 0.05) is 32.7 Å². The molecular weight excluding hydrogens is 420 g/mol. The van der Waals surface area contributed by atoms with E-state index >= 15 is 0 Å². The van der Waals surface area contributed by atoms with Gasteiger partial charge in [-0.2, -0.15) is 12.4 Å². The number of nitrogens with zero attached hydrogens (tertiary/aromatic N) is 2. The van der Waals surface area contributed by atoms with Crippen LogP contribution >= 0.6 is 0 Å². The van der Waals surface area contributed by atoms with Crippen molar-refractivity contribution in [2.75, 3.05) is 46.4 Å². The lowest BCUT2D eigenvalue weighted by molar-refractivity contribution is 0.0435. The zero-order valence-corrected chi connectivity index (χ0v) is 18.5. The summed E-state index contributed by atoms with van der Waals surface area (Å²) in [6.07, 6.45) is 0. The monoisotopic (exact) mass is 447 g/mol. The number of rotatable bonds is 7. The summed E-state index contributed by atoms with van der Waals surface area (Å²) >= 11 is 0. The molecule has 1 unspecified atom stereocenters. The minimum atomic E-state index is -2.76. The third-order valence-electron chi connectivity index (χ3n) is 5.23. The van der Waals surface area contributed by atoms with Gasteiger partial charge >= 0.3 is 22.0 Å². The van der Waals surface area contributed by atoms with Gasteiger partial charge in [0.15, 0.2) is 0 Å². The smallest absolute Gasteiger partial charge is 0.378 e. The van der Waals surface area contributed by atoms with Crippen molar-refractivity contribution in [1.29, 1.82) is 0 Å². The molecule has 0 spiro atoms. The lowest BCUT2D eigenvalue weighted by Crippen LogP contribution is -2.49. The zero-order chi connectivity index (χ0) is 22.4. The lowest BCUT2D eigenvalue weighted by atomic mass is 10.1. The van der Waals surface area contributed by atoms with Gasteiger partial charge in [0.1, 0.15) is 11.5 Å². The van der Waals surface area contributed by atoms with E-state index in [0.29, 0.717) is 37.6 Å². The molecule has 3 rings (SSSR count). The van der Waals surface area contributed by atoms with Crippen molar-refractivity contribution in [3.8, 4) is 0 Å². The highest BCUT2D eigenvalue weighted by atomic mass is 32.2. The lowest BCUT2D eigenvalue weighted by Gasteiger charge is -2.32. The average Bonchev–Trinajstić information content (AvgIpc) is 2.79. The molecule has 1 heterocycles. The molecule has 1 N–H and O–H groups in total. The summed E-state index contributed by atoms with van der Waals surface area (Å²) in [7, 11) is -1.30. The molecule has 2 aromatic carbocycles. The van der Waals surface area contributed by atoms with E-state index in [1.54, 1.807) is 12.1 Å². The zero-order valence-electron chi connectivity index (χ0n) is 17.7. The first-order chi connectivity index (χ1) is 14.8. The number of carbonyl (C=O) groups excluding carboxylic acids is 1. The van der Waals surface area contributed by atoms with E-state index in [1.165, 1.54) is 19.2 Å². The maximum atomic E-state index is 13.4. The number of hydrogen-bond acceptors (Lipinski definition) is 5. The second-order valence-electron chi connectivity index (χ2n) is 7.21. The summed E-state index contributed by atoms with van der Waals surface area (Å²) in [5.41, 5.74) is 1.05. The number of carboxylic acids is 1. The molecule has 9 heteroatoms. The number of piperazine rings is 1. The van der Waals surface area contributed by atoms with Crippen molar-refractivity contribution in [1.82, 2.24) is 9.21 Å². The van der Waals surface area contributed by atoms with Crippen LogP contribution in [0.5, 0.6) is 0 Å². The van der Waals surface area contributed by atoms with Gasteiger partial charge in [-0.3, -0.25) is 4.90 Å². The Bertz CT molecular complexity index is 1050. The van der Waals surface area contributed by atoms with E-state index in [9.17, 15) is 18.9 Å². The van der Waals surface area contributed by atoms with Crippen LogP contribution in [0.15, 0.2) is 53.4 Å². The van der Waals surface area contributed by atoms with E-state index in [1.807, 2.05) is 35.5 Å². The fourth-order valence-corrected chi connectivity index (χ4v) is 5.27. The Morgan fingerprint density at radius 3 is 2.23 bits per heavy atom. The number of aryl methyl sites for hydroxylation is 1. The summed E-state index contributed by atoms with van der Waals surface area (Å²) in [6.45, 7) is 5.03. The van der Waals surface area contributed by atoms with E-state index in [-0.39, 0.29) is 17.7 Å². The summed E-state index contributed by atoms with van der Waals surface area (Å²) in [6, 6.07) is 13.5. The third kappa shape index (κ3) is 5.30. The van der Waals surface area contributed by atoms with Gasteiger partial charge in [0.05, 0.1) is 11.1 Å². The number of esters is 1. The normalized spacial score (nSPS) is 17.0. The molecular formula is C22H27N2O6S+. The summed E-state index contributed by atoms with van der Waals surface area (Å²) in [5, 5.41) is 9.20. The highest BCUT2D eigenvalue weighted by molar-refractivity contribution is 7.89. The molecule has 1 saturated heterocycles. The van der Waals surface area contributed by atoms with Crippen LogP contribution in [0.1, 0.15) is 26.3 Å². The van der Waals surface area contributed by atoms with E-state index in [2.05, 4.69) is 4.90 Å². The fourth-order valence-electron chi connectivity index (χ4n) is 3.45. The number of carboxylic acid groups (broad SMARTS) is 1. The Labute approximate surface area is 182 Å². The van der Waals surface area contributed by atoms with Crippen LogP contribution in [0.3, 0.4) is 0 Å². The maximum Gasteiger partial charge on any atom is 0.378 e. The van der Waals surface area contributed by atoms with Crippen LogP contribution in [0.25, 0.3) is 0 Å². The van der Waals surface area contributed by atoms with Gasteiger partial charge in [-0.15, -0.1) is 0 Å². The van der Waals surface area contributed by atoms with E-state index < -0.39 is 22.0 Å². The van der Waals surface area contributed by atoms with Gasteiger partial charge in [-0.05, 0) is 31.2 Å². The molecule has 8 nitrogen and oxygen atoms in total. The molecule has 2 aromatic rings. The summed E-state index contributed by atoms with van der Waals surface area (Å²) < 4.78 is 26.0. The molecule has 0 aliphatic carbocycles. The topological polar surface area (TPSA) is 98.5 Å². The number of aromatic carboxylic acids is 1. The highest BCUT2D eigenvalue weighted by Crippen LogP contribution is 2.19. The van der Waals surface area contributed by atoms with Crippen molar-refractivity contribution < 1.29 is 27.5 Å². The number of carbonyl (C=O) groups is 2. The van der Waals surface area contributed by atoms with Crippen molar-refractivity contribution >= 4 is 22.0 Å². The van der Waals surface area contributed by atoms with Gasteiger partial charge < -0.3 is 9.84 Å². The molecule has 1 aliphatic rings. The van der Waals surface area contributed by atoms with E-state index in [0.717, 1.165) is 5.56 Å². The van der Waals surface area contributed by atoms with Crippen LogP contribution in [0.4, 0.5) is 0 Å². The van der Waals surface area contributed by atoms with Crippen molar-refractivity contribution in [2.24, 2.45) is 0 Å². The SMILES string of the molecule is C[O+]=S(=O)(c1ccc(C)cc1)N1CCN(CCOC(=O)c2ccccc2C(=O)O)CC1. The Morgan fingerprint density at radius 2 is 1.65 bits per heavy atom. The number of hydrogen-bond donors (Lipinski definition) is 1. The first kappa shape index (κ1) is 22.9. The highest BCUT2D eigenvalue weighted by Gasteiger charge is 2.34. The Balaban J connectivity index is 1.53. The molecule has 1 fully saturated rings. The minimum absolute atomic E-state index is 0.0396. The van der Waals surface area contributed by atoms with Gasteiger partial charge in [-0.1, -0.05) is 29.8 Å². The van der Waals surface area contributed by atoms with E-state index in [4.69, 9.17) is 8.58 Å². The number of ether oxygens (including phenoxy) is 1. The number of benzene rings is 2. The van der Waals surface area contributed by atoms with Crippen molar-refractivity contribution in [3.63, 3.8) is 0 Å². The third-order valence-corrected chi connectivity index (χ3v) is 7.60. The molecule has 1 atom stereocenters. The first-order valence-corrected chi connectivity index (χ1v) is 11.4. The molecule has 0 aromatic heterocycles. The maximum absolute atomic E-state index is 13.4. The van der Waals surface area contributed by atoms with Crippen molar-refractivity contribution in [3.05, 3.63) is 65.2 Å². The molecule has 0 saturated carbocycles. The fraction of sp³-hybridized carbons (Fsp3) is 0.364. The Kier molecular flexibility index (Phi) is 7.42. The molecule has 1 aliphatic heterocycles. The van der Waals surface area contributed by atoms with Crippen LogP contribution < -0.4 is 0 Å². The van der Waals surface area contributed by atoms with Gasteiger partial charge in [0.25, 0.3) is 7.11 Å². The molecule has 31 heavy (non-hydrogen) atoms. The molecule has 166 valence electrons. The predicted octanol–water partition coefficient (Wildman–Crippen LogP) is 2.24. The molecule has 0 radical (unpaired) electrons. The van der Waals surface area contributed by atoms with Gasteiger partial charge in [-0.25, -0.2) is 9.59 Å². The van der Waals surface area contributed by atoms with Crippen LogP contribution in [0, 0.1) is 6.92 Å².